The number of rotatable bonds is 4. The van der Waals surface area contributed by atoms with Crippen molar-refractivity contribution in [2.24, 2.45) is 0 Å². The second-order valence-corrected chi connectivity index (χ2v) is 15.5. The molecule has 2 saturated heterocycles. The van der Waals surface area contributed by atoms with Crippen LogP contribution in [0.1, 0.15) is 61.8 Å². The van der Waals surface area contributed by atoms with Crippen molar-refractivity contribution < 1.29 is 28.2 Å². The van der Waals surface area contributed by atoms with E-state index in [-0.39, 0.29) is 36.2 Å². The van der Waals surface area contributed by atoms with Crippen LogP contribution < -0.4 is 5.32 Å². The number of carbonyl (C=O) groups excluding carboxylic acids is 1. The Labute approximate surface area is 170 Å². The van der Waals surface area contributed by atoms with Gasteiger partial charge < -0.3 is 28.7 Å². The highest BCUT2D eigenvalue weighted by molar-refractivity contribution is 6.74. The van der Waals surface area contributed by atoms with Gasteiger partial charge in [-0.25, -0.2) is 4.79 Å². The molecule has 0 aromatic carbocycles. The molecular formula is C20H39NO6Si. The van der Waals surface area contributed by atoms with Crippen molar-refractivity contribution in [3.8, 4) is 0 Å². The molecule has 0 aliphatic carbocycles. The minimum Gasteiger partial charge on any atom is -0.444 e. The molecule has 2 fully saturated rings. The molecule has 0 radical (unpaired) electrons. The van der Waals surface area contributed by atoms with Gasteiger partial charge in [-0.3, -0.25) is 0 Å². The molecule has 8 heteroatoms. The Kier molecular flexibility index (Phi) is 6.63. The SMILES string of the molecule is CC(C)(C)OC(=O)NC[C@H]1OC(O[Si](C)(C)C(C)(C)C)CC2OC(C)(C)O[C@H]21. The van der Waals surface area contributed by atoms with Gasteiger partial charge in [-0.15, -0.1) is 0 Å². The van der Waals surface area contributed by atoms with E-state index in [4.69, 9.17) is 23.4 Å². The summed E-state index contributed by atoms with van der Waals surface area (Å²) in [6.07, 6.45) is -1.01. The van der Waals surface area contributed by atoms with E-state index in [0.29, 0.717) is 6.42 Å². The van der Waals surface area contributed by atoms with E-state index in [1.165, 1.54) is 0 Å². The van der Waals surface area contributed by atoms with E-state index < -0.39 is 25.8 Å². The van der Waals surface area contributed by atoms with Gasteiger partial charge >= 0.3 is 6.09 Å². The van der Waals surface area contributed by atoms with Crippen LogP contribution in [0.25, 0.3) is 0 Å². The van der Waals surface area contributed by atoms with Gasteiger partial charge in [0.05, 0.1) is 6.10 Å². The second-order valence-electron chi connectivity index (χ2n) is 10.7. The fourth-order valence-electron chi connectivity index (χ4n) is 3.12. The van der Waals surface area contributed by atoms with Crippen molar-refractivity contribution in [1.82, 2.24) is 5.32 Å². The highest BCUT2D eigenvalue weighted by Crippen LogP contribution is 2.42. The molecule has 2 unspecified atom stereocenters. The van der Waals surface area contributed by atoms with Crippen LogP contribution in [0.4, 0.5) is 4.79 Å². The van der Waals surface area contributed by atoms with Crippen LogP contribution in [0, 0.1) is 0 Å². The van der Waals surface area contributed by atoms with Gasteiger partial charge in [0, 0.05) is 13.0 Å². The van der Waals surface area contributed by atoms with Crippen LogP contribution in [0.5, 0.6) is 0 Å². The van der Waals surface area contributed by atoms with Crippen molar-refractivity contribution in [1.29, 1.82) is 0 Å². The molecule has 2 aliphatic heterocycles. The molecule has 0 aromatic heterocycles. The summed E-state index contributed by atoms with van der Waals surface area (Å²) in [7, 11) is -2.01. The number of fused-ring (bicyclic) bond motifs is 1. The van der Waals surface area contributed by atoms with E-state index in [1.54, 1.807) is 0 Å². The van der Waals surface area contributed by atoms with Crippen LogP contribution >= 0.6 is 0 Å². The van der Waals surface area contributed by atoms with E-state index in [2.05, 4.69) is 39.2 Å². The highest BCUT2D eigenvalue weighted by atomic mass is 28.4. The first-order valence-electron chi connectivity index (χ1n) is 10.1. The molecule has 0 saturated carbocycles. The summed E-state index contributed by atoms with van der Waals surface area (Å²) >= 11 is 0. The lowest BCUT2D eigenvalue weighted by Crippen LogP contribution is -2.55. The van der Waals surface area contributed by atoms with Gasteiger partial charge in [0.1, 0.15) is 17.8 Å². The van der Waals surface area contributed by atoms with Gasteiger partial charge in [-0.05, 0) is 52.8 Å². The minimum absolute atomic E-state index is 0.0732. The van der Waals surface area contributed by atoms with Crippen LogP contribution in [0.2, 0.25) is 18.1 Å². The summed E-state index contributed by atoms with van der Waals surface area (Å²) in [5.41, 5.74) is -0.553. The minimum atomic E-state index is -2.01. The lowest BCUT2D eigenvalue weighted by molar-refractivity contribution is -0.200. The first-order chi connectivity index (χ1) is 12.5. The highest BCUT2D eigenvalue weighted by Gasteiger charge is 2.52. The number of nitrogens with one attached hydrogen (secondary N) is 1. The topological polar surface area (TPSA) is 75.3 Å². The number of hydrogen-bond donors (Lipinski definition) is 1. The van der Waals surface area contributed by atoms with Crippen LogP contribution in [0.15, 0.2) is 0 Å². The summed E-state index contributed by atoms with van der Waals surface area (Å²) in [6, 6.07) is 0. The third-order valence-electron chi connectivity index (χ3n) is 5.42. The van der Waals surface area contributed by atoms with Gasteiger partial charge in [0.15, 0.2) is 20.4 Å². The maximum absolute atomic E-state index is 12.1. The van der Waals surface area contributed by atoms with Crippen molar-refractivity contribution in [2.45, 2.75) is 116 Å². The third kappa shape index (κ3) is 6.16. The number of amides is 1. The Bertz CT molecular complexity index is 566. The average Bonchev–Trinajstić information content (AvgIpc) is 2.75. The van der Waals surface area contributed by atoms with Crippen LogP contribution in [0.3, 0.4) is 0 Å². The predicted octanol–water partition coefficient (Wildman–Crippen LogP) is 4.17. The zero-order chi connectivity index (χ0) is 21.5. The molecule has 1 amide bonds. The van der Waals surface area contributed by atoms with Crippen molar-refractivity contribution >= 4 is 14.4 Å². The number of alkyl carbamates (subject to hydrolysis) is 1. The fraction of sp³-hybridized carbons (Fsp3) is 0.950. The summed E-state index contributed by atoms with van der Waals surface area (Å²) in [5.74, 6) is -0.686. The average molecular weight is 418 g/mol. The number of carbonyl (C=O) groups is 1. The summed E-state index contributed by atoms with van der Waals surface area (Å²) in [6.45, 7) is 20.6. The monoisotopic (exact) mass is 417 g/mol. The summed E-state index contributed by atoms with van der Waals surface area (Å²) in [4.78, 5) is 12.1. The van der Waals surface area contributed by atoms with Gasteiger partial charge in [0.2, 0.25) is 0 Å². The Morgan fingerprint density at radius 2 is 1.75 bits per heavy atom. The van der Waals surface area contributed by atoms with Crippen molar-refractivity contribution in [3.05, 3.63) is 0 Å². The maximum atomic E-state index is 12.1. The van der Waals surface area contributed by atoms with Gasteiger partial charge in [-0.1, -0.05) is 20.8 Å². The molecule has 164 valence electrons. The standard InChI is InChI=1S/C20H39NO6Si/c1-18(2,3)26-17(22)21-12-14-16-13(24-20(7,8)25-16)11-15(23-14)27-28(9,10)19(4,5)6/h13-16H,11-12H2,1-10H3,(H,21,22)/t13?,14-,15?,16-/m1/s1. The number of hydrogen-bond acceptors (Lipinski definition) is 6. The Morgan fingerprint density at radius 3 is 2.29 bits per heavy atom. The van der Waals surface area contributed by atoms with E-state index in [0.717, 1.165) is 0 Å². The molecule has 4 atom stereocenters. The molecule has 2 heterocycles. The molecule has 2 aliphatic rings. The van der Waals surface area contributed by atoms with Crippen LogP contribution in [-0.4, -0.2) is 56.9 Å². The van der Waals surface area contributed by atoms with Crippen molar-refractivity contribution in [2.75, 3.05) is 6.54 Å². The van der Waals surface area contributed by atoms with E-state index in [9.17, 15) is 4.79 Å². The molecule has 0 spiro atoms. The molecule has 0 bridgehead atoms. The predicted molar refractivity (Wildman–Crippen MR) is 110 cm³/mol. The van der Waals surface area contributed by atoms with E-state index in [1.807, 2.05) is 34.6 Å². The molecular weight excluding hydrogens is 378 g/mol. The summed E-state index contributed by atoms with van der Waals surface area (Å²) in [5, 5.41) is 2.87. The number of ether oxygens (including phenoxy) is 4. The lowest BCUT2D eigenvalue weighted by Gasteiger charge is -2.43. The van der Waals surface area contributed by atoms with Gasteiger partial charge in [-0.2, -0.15) is 0 Å². The first kappa shape index (κ1) is 23.6. The lowest BCUT2D eigenvalue weighted by atomic mass is 10.0. The Balaban J connectivity index is 2.07. The summed E-state index contributed by atoms with van der Waals surface area (Å²) < 4.78 is 30.2. The first-order valence-corrected chi connectivity index (χ1v) is 13.1. The molecule has 0 aromatic rings. The smallest absolute Gasteiger partial charge is 0.407 e. The Morgan fingerprint density at radius 1 is 1.14 bits per heavy atom. The third-order valence-corrected chi connectivity index (χ3v) is 9.88. The molecule has 28 heavy (non-hydrogen) atoms. The second kappa shape index (κ2) is 7.87. The quantitative estimate of drug-likeness (QED) is 0.692. The largest absolute Gasteiger partial charge is 0.444 e. The van der Waals surface area contributed by atoms with Crippen LogP contribution in [-0.2, 0) is 23.4 Å². The maximum Gasteiger partial charge on any atom is 0.407 e. The van der Waals surface area contributed by atoms with Crippen molar-refractivity contribution in [3.63, 3.8) is 0 Å². The van der Waals surface area contributed by atoms with Gasteiger partial charge in [0.25, 0.3) is 0 Å². The Hall–Kier alpha value is -0.673. The fourth-order valence-corrected chi connectivity index (χ4v) is 4.28. The zero-order valence-corrected chi connectivity index (χ0v) is 20.2. The molecule has 1 N–H and O–H groups in total. The molecule has 2 rings (SSSR count). The zero-order valence-electron chi connectivity index (χ0n) is 19.2. The normalized spacial score (nSPS) is 30.6. The van der Waals surface area contributed by atoms with E-state index >= 15 is 0 Å². The molecule has 7 nitrogen and oxygen atoms in total.